The largest absolute Gasteiger partial charge is 0.444 e. The molecule has 0 aromatic carbocycles. The predicted octanol–water partition coefficient (Wildman–Crippen LogP) is -0.0939. The van der Waals surface area contributed by atoms with Crippen LogP contribution in [0.4, 0.5) is 4.79 Å². The topological polar surface area (TPSA) is 103 Å². The van der Waals surface area contributed by atoms with Crippen LogP contribution in [0.2, 0.25) is 0 Å². The Bertz CT molecular complexity index is 263. The summed E-state index contributed by atoms with van der Waals surface area (Å²) in [6.07, 6.45) is -0.499. The van der Waals surface area contributed by atoms with Gasteiger partial charge in [0.15, 0.2) is 0 Å². The van der Waals surface area contributed by atoms with E-state index in [1.165, 1.54) is 0 Å². The third kappa shape index (κ3) is 10.9. The van der Waals surface area contributed by atoms with Crippen molar-refractivity contribution in [2.75, 3.05) is 13.2 Å². The lowest BCUT2D eigenvalue weighted by molar-refractivity contribution is -0.125. The average molecular weight is 247 g/mol. The van der Waals surface area contributed by atoms with Gasteiger partial charge in [-0.3, -0.25) is 9.63 Å². The number of hydroxylamine groups is 1. The molecule has 1 atom stereocenters. The summed E-state index contributed by atoms with van der Waals surface area (Å²) in [6.45, 7) is 7.22. The molecule has 0 aromatic rings. The Balaban J connectivity index is 3.66. The number of hydrogen-bond donors (Lipinski definition) is 3. The van der Waals surface area contributed by atoms with E-state index < -0.39 is 17.6 Å². The number of hydrogen-bond acceptors (Lipinski definition) is 5. The molecule has 17 heavy (non-hydrogen) atoms. The molecule has 1 unspecified atom stereocenters. The summed E-state index contributed by atoms with van der Waals surface area (Å²) in [5.74, 6) is -0.565. The summed E-state index contributed by atoms with van der Waals surface area (Å²) in [7, 11) is 0. The van der Waals surface area contributed by atoms with Crippen molar-refractivity contribution in [3.05, 3.63) is 0 Å². The summed E-state index contributed by atoms with van der Waals surface area (Å²) in [4.78, 5) is 26.4. The van der Waals surface area contributed by atoms with Crippen LogP contribution >= 0.6 is 0 Å². The second-order valence-electron chi connectivity index (χ2n) is 4.66. The number of nitrogens with one attached hydrogen (secondary N) is 2. The molecule has 0 aliphatic heterocycles. The lowest BCUT2D eigenvalue weighted by Gasteiger charge is -2.21. The maximum atomic E-state index is 11.3. The quantitative estimate of drug-likeness (QED) is 0.569. The molecule has 7 heteroatoms. The minimum absolute atomic E-state index is 0.165. The van der Waals surface area contributed by atoms with Crippen LogP contribution in [0.3, 0.4) is 0 Å². The van der Waals surface area contributed by atoms with Crippen LogP contribution in [0.15, 0.2) is 0 Å². The van der Waals surface area contributed by atoms with E-state index in [0.717, 1.165) is 0 Å². The highest BCUT2D eigenvalue weighted by Crippen LogP contribution is 2.06. The fraction of sp³-hybridized carbons (Fsp3) is 0.800. The molecule has 0 aliphatic carbocycles. The standard InChI is InChI=1S/C10H21N3O4/c1-7(13-16-6-8(11)14)5-12-9(15)17-10(2,3)4/h7,13H,5-6H2,1-4H3,(H2,11,14)(H,12,15). The predicted molar refractivity (Wildman–Crippen MR) is 62.0 cm³/mol. The number of alkyl carbamates (subject to hydrolysis) is 1. The van der Waals surface area contributed by atoms with Gasteiger partial charge >= 0.3 is 6.09 Å². The van der Waals surface area contributed by atoms with E-state index in [4.69, 9.17) is 15.3 Å². The number of nitrogens with two attached hydrogens (primary N) is 1. The molecule has 4 N–H and O–H groups in total. The molecule has 0 aromatic heterocycles. The first-order valence-corrected chi connectivity index (χ1v) is 5.33. The van der Waals surface area contributed by atoms with E-state index in [9.17, 15) is 9.59 Å². The molecular weight excluding hydrogens is 226 g/mol. The van der Waals surface area contributed by atoms with Crippen molar-refractivity contribution in [3.63, 3.8) is 0 Å². The van der Waals surface area contributed by atoms with Crippen molar-refractivity contribution in [1.29, 1.82) is 0 Å². The van der Waals surface area contributed by atoms with Crippen molar-refractivity contribution in [1.82, 2.24) is 10.8 Å². The zero-order valence-corrected chi connectivity index (χ0v) is 10.7. The molecule has 0 radical (unpaired) electrons. The Hall–Kier alpha value is -1.34. The first-order valence-electron chi connectivity index (χ1n) is 5.33. The van der Waals surface area contributed by atoms with E-state index >= 15 is 0 Å². The smallest absolute Gasteiger partial charge is 0.407 e. The van der Waals surface area contributed by atoms with Crippen molar-refractivity contribution in [3.8, 4) is 0 Å². The van der Waals surface area contributed by atoms with Gasteiger partial charge in [-0.25, -0.2) is 4.79 Å². The highest BCUT2D eigenvalue weighted by atomic mass is 16.6. The van der Waals surface area contributed by atoms with E-state index in [2.05, 4.69) is 10.8 Å². The summed E-state index contributed by atoms with van der Waals surface area (Å²) in [5.41, 5.74) is 6.91. The fourth-order valence-electron chi connectivity index (χ4n) is 0.847. The van der Waals surface area contributed by atoms with Crippen LogP contribution in [0, 0.1) is 0 Å². The second-order valence-corrected chi connectivity index (χ2v) is 4.66. The average Bonchev–Trinajstić information content (AvgIpc) is 2.11. The first-order chi connectivity index (χ1) is 7.70. The number of ether oxygens (including phenoxy) is 1. The van der Waals surface area contributed by atoms with Crippen LogP contribution < -0.4 is 16.5 Å². The maximum absolute atomic E-state index is 11.3. The Morgan fingerprint density at radius 3 is 2.41 bits per heavy atom. The van der Waals surface area contributed by atoms with E-state index in [1.807, 2.05) is 0 Å². The SMILES string of the molecule is CC(CNC(=O)OC(C)(C)C)NOCC(N)=O. The van der Waals surface area contributed by atoms with Gasteiger partial charge in [0, 0.05) is 12.6 Å². The molecule has 0 aliphatic rings. The van der Waals surface area contributed by atoms with E-state index in [1.54, 1.807) is 27.7 Å². The van der Waals surface area contributed by atoms with Crippen LogP contribution in [0.5, 0.6) is 0 Å². The van der Waals surface area contributed by atoms with Crippen molar-refractivity contribution < 1.29 is 19.2 Å². The van der Waals surface area contributed by atoms with Gasteiger partial charge < -0.3 is 15.8 Å². The summed E-state index contributed by atoms with van der Waals surface area (Å²) < 4.78 is 5.04. The maximum Gasteiger partial charge on any atom is 0.407 e. The van der Waals surface area contributed by atoms with Crippen molar-refractivity contribution in [2.45, 2.75) is 39.3 Å². The molecule has 0 rings (SSSR count). The van der Waals surface area contributed by atoms with Crippen molar-refractivity contribution in [2.24, 2.45) is 5.73 Å². The Morgan fingerprint density at radius 1 is 1.35 bits per heavy atom. The molecule has 0 spiro atoms. The molecule has 0 heterocycles. The zero-order chi connectivity index (χ0) is 13.5. The molecule has 100 valence electrons. The van der Waals surface area contributed by atoms with Gasteiger partial charge in [-0.15, -0.1) is 0 Å². The van der Waals surface area contributed by atoms with Crippen LogP contribution in [-0.4, -0.2) is 36.8 Å². The van der Waals surface area contributed by atoms with Crippen LogP contribution in [0.25, 0.3) is 0 Å². The minimum Gasteiger partial charge on any atom is -0.444 e. The van der Waals surface area contributed by atoms with Gasteiger partial charge in [0.1, 0.15) is 12.2 Å². The molecule has 7 nitrogen and oxygen atoms in total. The van der Waals surface area contributed by atoms with Gasteiger partial charge in [0.05, 0.1) is 0 Å². The number of carbonyl (C=O) groups excluding carboxylic acids is 2. The van der Waals surface area contributed by atoms with Crippen LogP contribution in [0.1, 0.15) is 27.7 Å². The zero-order valence-electron chi connectivity index (χ0n) is 10.7. The molecular formula is C10H21N3O4. The highest BCUT2D eigenvalue weighted by Gasteiger charge is 2.16. The number of primary amides is 1. The lowest BCUT2D eigenvalue weighted by Crippen LogP contribution is -2.42. The number of amides is 2. The summed E-state index contributed by atoms with van der Waals surface area (Å²) in [6, 6.07) is -0.165. The molecule has 0 bridgehead atoms. The molecule has 0 saturated heterocycles. The third-order valence-corrected chi connectivity index (χ3v) is 1.45. The summed E-state index contributed by atoms with van der Waals surface area (Å²) >= 11 is 0. The fourth-order valence-corrected chi connectivity index (χ4v) is 0.847. The third-order valence-electron chi connectivity index (χ3n) is 1.45. The normalized spacial score (nSPS) is 12.9. The van der Waals surface area contributed by atoms with Gasteiger partial charge in [-0.1, -0.05) is 0 Å². The van der Waals surface area contributed by atoms with Crippen molar-refractivity contribution >= 4 is 12.0 Å². The lowest BCUT2D eigenvalue weighted by atomic mass is 10.2. The number of rotatable bonds is 6. The molecule has 0 saturated carbocycles. The van der Waals surface area contributed by atoms with Gasteiger partial charge in [0.2, 0.25) is 5.91 Å². The van der Waals surface area contributed by atoms with E-state index in [0.29, 0.717) is 6.54 Å². The summed E-state index contributed by atoms with van der Waals surface area (Å²) in [5, 5.41) is 2.56. The molecule has 2 amide bonds. The molecule has 0 fully saturated rings. The Kier molecular flexibility index (Phi) is 6.52. The van der Waals surface area contributed by atoms with Crippen LogP contribution in [-0.2, 0) is 14.4 Å². The van der Waals surface area contributed by atoms with Gasteiger partial charge in [-0.2, -0.15) is 5.48 Å². The van der Waals surface area contributed by atoms with E-state index in [-0.39, 0.29) is 12.6 Å². The van der Waals surface area contributed by atoms with Gasteiger partial charge in [0.25, 0.3) is 0 Å². The highest BCUT2D eigenvalue weighted by molar-refractivity contribution is 5.74. The second kappa shape index (κ2) is 7.08. The number of carbonyl (C=O) groups is 2. The Morgan fingerprint density at radius 2 is 1.94 bits per heavy atom. The minimum atomic E-state index is -0.565. The first kappa shape index (κ1) is 15.7. The Labute approximate surface area is 101 Å². The monoisotopic (exact) mass is 247 g/mol. The van der Waals surface area contributed by atoms with Gasteiger partial charge in [-0.05, 0) is 27.7 Å².